The fourth-order valence-electron chi connectivity index (χ4n) is 1.75. The molecule has 1 atom stereocenters. The lowest BCUT2D eigenvalue weighted by atomic mass is 10.1. The number of hydrogen-bond acceptors (Lipinski definition) is 3. The number of pyridine rings is 1. The van der Waals surface area contributed by atoms with Gasteiger partial charge in [-0.25, -0.2) is 4.98 Å². The highest BCUT2D eigenvalue weighted by atomic mass is 35.5. The zero-order chi connectivity index (χ0) is 13.4. The van der Waals surface area contributed by atoms with Crippen LogP contribution in [0.5, 0.6) is 5.88 Å². The quantitative estimate of drug-likeness (QED) is 0.728. The maximum Gasteiger partial charge on any atom is 0.232 e. The van der Waals surface area contributed by atoms with Crippen LogP contribution < -0.4 is 4.74 Å². The number of halogens is 1. The van der Waals surface area contributed by atoms with Crippen molar-refractivity contribution in [2.75, 3.05) is 0 Å². The number of hydrogen-bond donors (Lipinski definition) is 1. The Morgan fingerprint density at radius 1 is 1.39 bits per heavy atom. The van der Waals surface area contributed by atoms with Crippen LogP contribution in [0.25, 0.3) is 0 Å². The smallest absolute Gasteiger partial charge is 0.232 e. The van der Waals surface area contributed by atoms with Gasteiger partial charge < -0.3 is 9.84 Å². The van der Waals surface area contributed by atoms with Crippen molar-refractivity contribution in [2.24, 2.45) is 0 Å². The first-order valence-electron chi connectivity index (χ1n) is 6.59. The van der Waals surface area contributed by atoms with Gasteiger partial charge in [0.1, 0.15) is 5.02 Å². The average molecular weight is 272 g/mol. The van der Waals surface area contributed by atoms with Crippen LogP contribution in [0.1, 0.15) is 51.5 Å². The predicted octanol–water partition coefficient (Wildman–Crippen LogP) is 3.97. The van der Waals surface area contributed by atoms with Crippen molar-refractivity contribution in [1.29, 1.82) is 0 Å². The molecule has 4 heteroatoms. The minimum Gasteiger partial charge on any atom is -0.474 e. The normalized spacial score (nSPS) is 12.4. The second-order valence-corrected chi connectivity index (χ2v) is 4.97. The van der Waals surface area contributed by atoms with E-state index in [-0.39, 0.29) is 12.7 Å². The maximum absolute atomic E-state index is 8.96. The largest absolute Gasteiger partial charge is 0.474 e. The minimum absolute atomic E-state index is 0.0560. The summed E-state index contributed by atoms with van der Waals surface area (Å²) in [5, 5.41) is 9.42. The Morgan fingerprint density at radius 3 is 2.78 bits per heavy atom. The second kappa shape index (κ2) is 8.33. The van der Waals surface area contributed by atoms with E-state index in [2.05, 4.69) is 11.9 Å². The molecule has 0 saturated heterocycles. The molecule has 1 N–H and O–H groups in total. The molecule has 1 aromatic rings. The molecule has 0 fully saturated rings. The highest BCUT2D eigenvalue weighted by Crippen LogP contribution is 2.24. The summed E-state index contributed by atoms with van der Waals surface area (Å²) in [4.78, 5) is 4.12. The molecule has 102 valence electrons. The zero-order valence-electron chi connectivity index (χ0n) is 11.2. The molecular formula is C14H22ClNO2. The Hall–Kier alpha value is -0.800. The third kappa shape index (κ3) is 5.23. The van der Waals surface area contributed by atoms with Crippen LogP contribution in [-0.2, 0) is 6.61 Å². The Morgan fingerprint density at radius 2 is 2.17 bits per heavy atom. The number of ether oxygens (including phenoxy) is 1. The standard InChI is InChI=1S/C14H22ClNO2/c1-3-4-5-6-7-11(2)18-14-13(15)8-12(10-17)9-16-14/h8-9,11,17H,3-7,10H2,1-2H3. The highest BCUT2D eigenvalue weighted by molar-refractivity contribution is 6.31. The van der Waals surface area contributed by atoms with E-state index in [1.807, 2.05) is 6.92 Å². The molecule has 3 nitrogen and oxygen atoms in total. The van der Waals surface area contributed by atoms with Crippen molar-refractivity contribution in [3.63, 3.8) is 0 Å². The van der Waals surface area contributed by atoms with Gasteiger partial charge in [0, 0.05) is 6.20 Å². The molecule has 0 aliphatic carbocycles. The first kappa shape index (κ1) is 15.3. The van der Waals surface area contributed by atoms with Crippen LogP contribution in [0.3, 0.4) is 0 Å². The van der Waals surface area contributed by atoms with Crippen LogP contribution in [0.4, 0.5) is 0 Å². The topological polar surface area (TPSA) is 42.4 Å². The zero-order valence-corrected chi connectivity index (χ0v) is 11.9. The van der Waals surface area contributed by atoms with Gasteiger partial charge in [-0.15, -0.1) is 0 Å². The van der Waals surface area contributed by atoms with Gasteiger partial charge in [0.15, 0.2) is 0 Å². The first-order valence-corrected chi connectivity index (χ1v) is 6.97. The molecule has 0 amide bonds. The molecule has 1 rings (SSSR count). The predicted molar refractivity (Wildman–Crippen MR) is 74.0 cm³/mol. The summed E-state index contributed by atoms with van der Waals surface area (Å²) in [5.74, 6) is 0.455. The van der Waals surface area contributed by atoms with Gasteiger partial charge in [-0.2, -0.15) is 0 Å². The van der Waals surface area contributed by atoms with Crippen molar-refractivity contribution < 1.29 is 9.84 Å². The number of aromatic nitrogens is 1. The average Bonchev–Trinajstić information content (AvgIpc) is 2.37. The monoisotopic (exact) mass is 271 g/mol. The van der Waals surface area contributed by atoms with Crippen LogP contribution >= 0.6 is 11.6 Å². The number of nitrogens with zero attached hydrogens (tertiary/aromatic N) is 1. The van der Waals surface area contributed by atoms with E-state index in [4.69, 9.17) is 21.4 Å². The van der Waals surface area contributed by atoms with Gasteiger partial charge in [-0.1, -0.05) is 37.8 Å². The number of rotatable bonds is 8. The molecule has 1 unspecified atom stereocenters. The lowest BCUT2D eigenvalue weighted by Crippen LogP contribution is -2.12. The summed E-state index contributed by atoms with van der Waals surface area (Å²) >= 11 is 6.04. The lowest BCUT2D eigenvalue weighted by molar-refractivity contribution is 0.198. The molecule has 0 aliphatic rings. The van der Waals surface area contributed by atoms with Crippen molar-refractivity contribution in [2.45, 2.75) is 58.7 Å². The van der Waals surface area contributed by atoms with Gasteiger partial charge in [0.2, 0.25) is 5.88 Å². The molecular weight excluding hydrogens is 250 g/mol. The Kier molecular flexibility index (Phi) is 7.06. The van der Waals surface area contributed by atoms with Crippen molar-refractivity contribution in [3.8, 4) is 5.88 Å². The first-order chi connectivity index (χ1) is 8.67. The molecule has 0 aliphatic heterocycles. The summed E-state index contributed by atoms with van der Waals surface area (Å²) in [5.41, 5.74) is 0.697. The van der Waals surface area contributed by atoms with E-state index in [0.717, 1.165) is 6.42 Å². The summed E-state index contributed by atoms with van der Waals surface area (Å²) in [6, 6.07) is 1.69. The Labute approximate surface area is 114 Å². The molecule has 0 radical (unpaired) electrons. The second-order valence-electron chi connectivity index (χ2n) is 4.57. The van der Waals surface area contributed by atoms with E-state index in [1.54, 1.807) is 12.3 Å². The Balaban J connectivity index is 2.41. The van der Waals surface area contributed by atoms with Crippen LogP contribution in [-0.4, -0.2) is 16.2 Å². The van der Waals surface area contributed by atoms with E-state index in [1.165, 1.54) is 25.7 Å². The molecule has 18 heavy (non-hydrogen) atoms. The van der Waals surface area contributed by atoms with Crippen molar-refractivity contribution >= 4 is 11.6 Å². The third-order valence-corrected chi connectivity index (χ3v) is 3.09. The van der Waals surface area contributed by atoms with Crippen molar-refractivity contribution in [1.82, 2.24) is 4.98 Å². The minimum atomic E-state index is -0.0560. The maximum atomic E-state index is 8.96. The number of aliphatic hydroxyl groups is 1. The van der Waals surface area contributed by atoms with E-state index in [0.29, 0.717) is 16.5 Å². The number of aliphatic hydroxyl groups excluding tert-OH is 1. The summed E-state index contributed by atoms with van der Waals surface area (Å²) < 4.78 is 5.70. The van der Waals surface area contributed by atoms with Crippen LogP contribution in [0.15, 0.2) is 12.3 Å². The summed E-state index contributed by atoms with van der Waals surface area (Å²) in [7, 11) is 0. The number of unbranched alkanes of at least 4 members (excludes halogenated alkanes) is 3. The van der Waals surface area contributed by atoms with E-state index in [9.17, 15) is 0 Å². The third-order valence-electron chi connectivity index (χ3n) is 2.82. The van der Waals surface area contributed by atoms with Crippen molar-refractivity contribution in [3.05, 3.63) is 22.8 Å². The molecule has 1 aromatic heterocycles. The SMILES string of the molecule is CCCCCCC(C)Oc1ncc(CO)cc1Cl. The summed E-state index contributed by atoms with van der Waals surface area (Å²) in [6.07, 6.45) is 7.65. The van der Waals surface area contributed by atoms with Gasteiger partial charge in [0.25, 0.3) is 0 Å². The van der Waals surface area contributed by atoms with Crippen LogP contribution in [0.2, 0.25) is 5.02 Å². The van der Waals surface area contributed by atoms with Gasteiger partial charge in [-0.05, 0) is 31.4 Å². The van der Waals surface area contributed by atoms with Gasteiger partial charge in [-0.3, -0.25) is 0 Å². The molecule has 0 spiro atoms. The fourth-order valence-corrected chi connectivity index (χ4v) is 1.98. The molecule has 0 aromatic carbocycles. The Bertz CT molecular complexity index is 358. The summed E-state index contributed by atoms with van der Waals surface area (Å²) in [6.45, 7) is 4.18. The molecule has 1 heterocycles. The van der Waals surface area contributed by atoms with Gasteiger partial charge >= 0.3 is 0 Å². The fraction of sp³-hybridized carbons (Fsp3) is 0.643. The van der Waals surface area contributed by atoms with Gasteiger partial charge in [0.05, 0.1) is 12.7 Å². The highest BCUT2D eigenvalue weighted by Gasteiger charge is 2.09. The lowest BCUT2D eigenvalue weighted by Gasteiger charge is -2.14. The van der Waals surface area contributed by atoms with E-state index >= 15 is 0 Å². The molecule has 0 saturated carbocycles. The molecule has 0 bridgehead atoms. The van der Waals surface area contributed by atoms with Crippen LogP contribution in [0, 0.1) is 0 Å². The van der Waals surface area contributed by atoms with E-state index < -0.39 is 0 Å².